The number of halogens is 3. The molecule has 2 aromatic rings. The molecule has 1 saturated carbocycles. The van der Waals surface area contributed by atoms with E-state index >= 15 is 0 Å². The van der Waals surface area contributed by atoms with E-state index < -0.39 is 17.5 Å². The number of anilines is 1. The molecule has 1 aromatic carbocycles. The van der Waals surface area contributed by atoms with E-state index in [1.54, 1.807) is 0 Å². The van der Waals surface area contributed by atoms with Gasteiger partial charge in [-0.2, -0.15) is 13.2 Å². The third kappa shape index (κ3) is 3.61. The van der Waals surface area contributed by atoms with Crippen molar-refractivity contribution in [3.05, 3.63) is 34.3 Å². The Morgan fingerprint density at radius 1 is 1.25 bits per heavy atom. The van der Waals surface area contributed by atoms with Crippen LogP contribution in [0.2, 0.25) is 0 Å². The molecule has 0 saturated heterocycles. The number of hydrogen-bond acceptors (Lipinski definition) is 5. The highest BCUT2D eigenvalue weighted by Crippen LogP contribution is 2.38. The van der Waals surface area contributed by atoms with Crippen LogP contribution in [0.3, 0.4) is 0 Å². The Hall–Kier alpha value is -2.29. The van der Waals surface area contributed by atoms with Crippen LogP contribution in [0.15, 0.2) is 27.4 Å². The van der Waals surface area contributed by atoms with Crippen molar-refractivity contribution in [2.75, 3.05) is 5.32 Å². The first-order valence-corrected chi connectivity index (χ1v) is 7.62. The van der Waals surface area contributed by atoms with E-state index in [1.807, 2.05) is 0 Å². The zero-order chi connectivity index (χ0) is 17.3. The second kappa shape index (κ2) is 6.31. The minimum Gasteiger partial charge on any atom is -0.388 e. The SMILES string of the molecule is NC1CCC(Nc2cc(-c3n[nH]c(=O)o3)ccc2C(F)(F)F)CC1. The van der Waals surface area contributed by atoms with Crippen molar-refractivity contribution in [2.24, 2.45) is 5.73 Å². The Bertz CT molecular complexity index is 761. The van der Waals surface area contributed by atoms with Gasteiger partial charge >= 0.3 is 11.9 Å². The minimum atomic E-state index is -4.49. The van der Waals surface area contributed by atoms with Crippen LogP contribution in [0.25, 0.3) is 11.5 Å². The van der Waals surface area contributed by atoms with Crippen molar-refractivity contribution >= 4 is 5.69 Å². The van der Waals surface area contributed by atoms with Gasteiger partial charge in [-0.05, 0) is 43.9 Å². The quantitative estimate of drug-likeness (QED) is 0.797. The molecule has 1 aliphatic carbocycles. The summed E-state index contributed by atoms with van der Waals surface area (Å²) >= 11 is 0. The molecule has 0 radical (unpaired) electrons. The Balaban J connectivity index is 1.92. The lowest BCUT2D eigenvalue weighted by molar-refractivity contribution is -0.137. The van der Waals surface area contributed by atoms with Gasteiger partial charge in [0.25, 0.3) is 0 Å². The van der Waals surface area contributed by atoms with E-state index in [0.717, 1.165) is 18.9 Å². The molecule has 24 heavy (non-hydrogen) atoms. The van der Waals surface area contributed by atoms with E-state index in [1.165, 1.54) is 12.1 Å². The molecule has 1 fully saturated rings. The monoisotopic (exact) mass is 342 g/mol. The van der Waals surface area contributed by atoms with Crippen molar-refractivity contribution in [1.29, 1.82) is 0 Å². The molecular formula is C15H17F3N4O2. The molecule has 1 aliphatic rings. The molecule has 0 spiro atoms. The number of hydrogen-bond donors (Lipinski definition) is 3. The molecule has 0 amide bonds. The highest BCUT2D eigenvalue weighted by Gasteiger charge is 2.34. The zero-order valence-corrected chi connectivity index (χ0v) is 12.7. The maximum Gasteiger partial charge on any atom is 0.434 e. The average molecular weight is 342 g/mol. The number of aromatic nitrogens is 2. The first kappa shape index (κ1) is 16.6. The summed E-state index contributed by atoms with van der Waals surface area (Å²) in [5, 5.41) is 8.70. The van der Waals surface area contributed by atoms with Crippen molar-refractivity contribution in [3.63, 3.8) is 0 Å². The third-order valence-electron chi connectivity index (χ3n) is 4.14. The van der Waals surface area contributed by atoms with Gasteiger partial charge in [0, 0.05) is 23.3 Å². The van der Waals surface area contributed by atoms with Crippen LogP contribution in [0.1, 0.15) is 31.2 Å². The number of alkyl halides is 3. The molecule has 1 heterocycles. The van der Waals surface area contributed by atoms with Crippen LogP contribution in [0.4, 0.5) is 18.9 Å². The second-order valence-electron chi connectivity index (χ2n) is 5.93. The number of benzene rings is 1. The lowest BCUT2D eigenvalue weighted by Crippen LogP contribution is -2.33. The van der Waals surface area contributed by atoms with E-state index in [2.05, 4.69) is 15.5 Å². The second-order valence-corrected chi connectivity index (χ2v) is 5.93. The summed E-state index contributed by atoms with van der Waals surface area (Å²) in [5.74, 6) is -0.817. The van der Waals surface area contributed by atoms with Gasteiger partial charge in [0.05, 0.1) is 5.56 Å². The maximum atomic E-state index is 13.2. The summed E-state index contributed by atoms with van der Waals surface area (Å²) in [5.41, 5.74) is 5.30. The van der Waals surface area contributed by atoms with Crippen molar-refractivity contribution < 1.29 is 17.6 Å². The van der Waals surface area contributed by atoms with E-state index in [0.29, 0.717) is 12.8 Å². The lowest BCUT2D eigenvalue weighted by Gasteiger charge is -2.28. The Kier molecular flexibility index (Phi) is 4.35. The molecule has 6 nitrogen and oxygen atoms in total. The van der Waals surface area contributed by atoms with Crippen molar-refractivity contribution in [2.45, 2.75) is 43.9 Å². The molecular weight excluding hydrogens is 325 g/mol. The van der Waals surface area contributed by atoms with Crippen LogP contribution in [-0.2, 0) is 6.18 Å². The van der Waals surface area contributed by atoms with Crippen LogP contribution >= 0.6 is 0 Å². The number of nitrogens with zero attached hydrogens (tertiary/aromatic N) is 1. The predicted octanol–water partition coefficient (Wildman–Crippen LogP) is 2.73. The molecule has 0 bridgehead atoms. The van der Waals surface area contributed by atoms with Gasteiger partial charge < -0.3 is 15.5 Å². The van der Waals surface area contributed by atoms with E-state index in [9.17, 15) is 18.0 Å². The predicted molar refractivity (Wildman–Crippen MR) is 81.4 cm³/mol. The first-order valence-electron chi connectivity index (χ1n) is 7.62. The minimum absolute atomic E-state index is 0.0499. The molecule has 130 valence electrons. The zero-order valence-electron chi connectivity index (χ0n) is 12.7. The van der Waals surface area contributed by atoms with Gasteiger partial charge in [0.2, 0.25) is 5.89 Å². The maximum absolute atomic E-state index is 13.2. The average Bonchev–Trinajstić information content (AvgIpc) is 2.95. The number of rotatable bonds is 3. The number of aromatic amines is 1. The normalized spacial score (nSPS) is 21.7. The summed E-state index contributed by atoms with van der Waals surface area (Å²) in [6.45, 7) is 0. The highest BCUT2D eigenvalue weighted by atomic mass is 19.4. The Morgan fingerprint density at radius 2 is 1.96 bits per heavy atom. The van der Waals surface area contributed by atoms with E-state index in [4.69, 9.17) is 10.2 Å². The van der Waals surface area contributed by atoms with Gasteiger partial charge in [-0.15, -0.1) is 5.10 Å². The summed E-state index contributed by atoms with van der Waals surface area (Å²) in [6, 6.07) is 3.52. The molecule has 0 aliphatic heterocycles. The largest absolute Gasteiger partial charge is 0.434 e. The smallest absolute Gasteiger partial charge is 0.388 e. The number of H-pyrrole nitrogens is 1. The molecule has 0 unspecified atom stereocenters. The summed E-state index contributed by atoms with van der Waals surface area (Å²) in [7, 11) is 0. The topological polar surface area (TPSA) is 96.9 Å². The summed E-state index contributed by atoms with van der Waals surface area (Å²) in [4.78, 5) is 11.0. The van der Waals surface area contributed by atoms with Crippen LogP contribution < -0.4 is 16.8 Å². The highest BCUT2D eigenvalue weighted by molar-refractivity contribution is 5.65. The molecule has 4 N–H and O–H groups in total. The molecule has 9 heteroatoms. The first-order chi connectivity index (χ1) is 11.3. The summed E-state index contributed by atoms with van der Waals surface area (Å²) in [6.07, 6.45) is -1.53. The fraction of sp³-hybridized carbons (Fsp3) is 0.467. The molecule has 3 rings (SSSR count). The van der Waals surface area contributed by atoms with Crippen molar-refractivity contribution in [3.8, 4) is 11.5 Å². The van der Waals surface area contributed by atoms with E-state index in [-0.39, 0.29) is 29.2 Å². The van der Waals surface area contributed by atoms with Gasteiger partial charge in [-0.3, -0.25) is 0 Å². The van der Waals surface area contributed by atoms with Gasteiger partial charge in [0.1, 0.15) is 0 Å². The van der Waals surface area contributed by atoms with Gasteiger partial charge in [0.15, 0.2) is 0 Å². The van der Waals surface area contributed by atoms with Gasteiger partial charge in [-0.25, -0.2) is 9.89 Å². The Labute approximate surface area is 135 Å². The van der Waals surface area contributed by atoms with Crippen LogP contribution in [0, 0.1) is 0 Å². The Morgan fingerprint density at radius 3 is 2.54 bits per heavy atom. The third-order valence-corrected chi connectivity index (χ3v) is 4.14. The lowest BCUT2D eigenvalue weighted by atomic mass is 9.91. The standard InChI is InChI=1S/C15H17F3N4O2/c16-15(17,18)11-6-1-8(13-21-22-14(23)24-13)7-12(11)20-10-4-2-9(19)3-5-10/h1,6-7,9-10,20H,2-5,19H2,(H,22,23). The fourth-order valence-electron chi connectivity index (χ4n) is 2.88. The van der Waals surface area contributed by atoms with Crippen LogP contribution in [-0.4, -0.2) is 22.3 Å². The fourth-order valence-corrected chi connectivity index (χ4v) is 2.88. The molecule has 0 atom stereocenters. The van der Waals surface area contributed by atoms with Crippen LogP contribution in [0.5, 0.6) is 0 Å². The van der Waals surface area contributed by atoms with Gasteiger partial charge in [-0.1, -0.05) is 0 Å². The molecule has 1 aromatic heterocycles. The number of nitrogens with one attached hydrogen (secondary N) is 2. The van der Waals surface area contributed by atoms with Crippen molar-refractivity contribution in [1.82, 2.24) is 10.2 Å². The number of nitrogens with two attached hydrogens (primary N) is 1. The summed E-state index contributed by atoms with van der Waals surface area (Å²) < 4.78 is 44.5.